The largest absolute Gasteiger partial charge is 0.573 e. The zero-order chi connectivity index (χ0) is 24.5. The van der Waals surface area contributed by atoms with Crippen LogP contribution in [0.5, 0.6) is 5.75 Å². The highest BCUT2D eigenvalue weighted by Crippen LogP contribution is 2.22. The number of aromatic nitrogens is 1. The average Bonchev–Trinajstić information content (AvgIpc) is 2.70. The number of ether oxygens (including phenoxy) is 2. The Morgan fingerprint density at radius 2 is 1.76 bits per heavy atom. The van der Waals surface area contributed by atoms with Crippen LogP contribution in [0.3, 0.4) is 0 Å². The van der Waals surface area contributed by atoms with Crippen LogP contribution in [-0.2, 0) is 22.5 Å². The molecule has 2 rings (SSSR count). The van der Waals surface area contributed by atoms with Crippen molar-refractivity contribution in [1.29, 1.82) is 0 Å². The van der Waals surface area contributed by atoms with E-state index in [2.05, 4.69) is 15.0 Å². The van der Waals surface area contributed by atoms with Crippen LogP contribution < -0.4 is 10.1 Å². The van der Waals surface area contributed by atoms with Crippen LogP contribution in [0.15, 0.2) is 48.8 Å². The first kappa shape index (κ1) is 26.0. The number of benzene rings is 1. The molecule has 0 saturated carbocycles. The van der Waals surface area contributed by atoms with Crippen molar-refractivity contribution in [2.24, 2.45) is 0 Å². The molecule has 0 bridgehead atoms. The molecule has 0 fully saturated rings. The Kier molecular flexibility index (Phi) is 9.07. The Bertz CT molecular complexity index is 898. The van der Waals surface area contributed by atoms with E-state index in [-0.39, 0.29) is 18.1 Å². The minimum absolute atomic E-state index is 0.0117. The molecule has 0 aliphatic heterocycles. The van der Waals surface area contributed by atoms with Crippen molar-refractivity contribution in [3.8, 4) is 5.75 Å². The van der Waals surface area contributed by atoms with Crippen molar-refractivity contribution in [2.75, 3.05) is 13.1 Å². The number of rotatable bonds is 9. The second kappa shape index (κ2) is 11.5. The Morgan fingerprint density at radius 1 is 1.06 bits per heavy atom. The van der Waals surface area contributed by atoms with E-state index < -0.39 is 18.1 Å². The lowest BCUT2D eigenvalue weighted by Crippen LogP contribution is -2.38. The molecule has 1 aromatic heterocycles. The number of hydrogen-bond donors (Lipinski definition) is 1. The van der Waals surface area contributed by atoms with Gasteiger partial charge in [-0.15, -0.1) is 13.2 Å². The molecule has 0 radical (unpaired) electrons. The van der Waals surface area contributed by atoms with Crippen LogP contribution in [0.25, 0.3) is 0 Å². The van der Waals surface area contributed by atoms with Crippen LogP contribution in [0.2, 0.25) is 0 Å². The van der Waals surface area contributed by atoms with Gasteiger partial charge in [0.05, 0.1) is 13.0 Å². The first-order chi connectivity index (χ1) is 15.4. The Hall–Kier alpha value is -3.30. The SMILES string of the molecule is CC(C)(C)OC(=O)N(CCCNC(=O)Cc1ccc(OC(F)(F)F)cc1)Cc1cccnc1. The minimum Gasteiger partial charge on any atom is -0.444 e. The highest BCUT2D eigenvalue weighted by atomic mass is 19.4. The second-order valence-corrected chi connectivity index (χ2v) is 8.34. The number of alkyl halides is 3. The third-order valence-corrected chi connectivity index (χ3v) is 4.20. The summed E-state index contributed by atoms with van der Waals surface area (Å²) in [5.74, 6) is -0.627. The van der Waals surface area contributed by atoms with E-state index in [4.69, 9.17) is 4.74 Å². The normalized spacial score (nSPS) is 11.6. The fraction of sp³-hybridized carbons (Fsp3) is 0.435. The van der Waals surface area contributed by atoms with Gasteiger partial charge >= 0.3 is 12.5 Å². The van der Waals surface area contributed by atoms with Gasteiger partial charge in [0, 0.05) is 25.5 Å². The third-order valence-electron chi connectivity index (χ3n) is 4.20. The fourth-order valence-electron chi connectivity index (χ4n) is 2.83. The van der Waals surface area contributed by atoms with Crippen LogP contribution in [0, 0.1) is 0 Å². The molecule has 0 aliphatic rings. The molecule has 10 heteroatoms. The summed E-state index contributed by atoms with van der Waals surface area (Å²) in [6, 6.07) is 8.76. The molecule has 2 amide bonds. The number of hydrogen-bond acceptors (Lipinski definition) is 5. The van der Waals surface area contributed by atoms with Crippen molar-refractivity contribution < 1.29 is 32.2 Å². The van der Waals surface area contributed by atoms with Gasteiger partial charge < -0.3 is 19.7 Å². The van der Waals surface area contributed by atoms with Crippen molar-refractivity contribution >= 4 is 12.0 Å². The predicted molar refractivity (Wildman–Crippen MR) is 115 cm³/mol. The van der Waals surface area contributed by atoms with Gasteiger partial charge in [0.15, 0.2) is 0 Å². The molecule has 7 nitrogen and oxygen atoms in total. The zero-order valence-corrected chi connectivity index (χ0v) is 18.8. The first-order valence-electron chi connectivity index (χ1n) is 10.4. The molecular formula is C23H28F3N3O4. The summed E-state index contributed by atoms with van der Waals surface area (Å²) in [5.41, 5.74) is 0.762. The molecule has 0 atom stereocenters. The number of carbonyl (C=O) groups excluding carboxylic acids is 2. The highest BCUT2D eigenvalue weighted by Gasteiger charge is 2.31. The molecule has 1 aromatic carbocycles. The van der Waals surface area contributed by atoms with Crippen molar-refractivity contribution in [2.45, 2.75) is 52.1 Å². The minimum atomic E-state index is -4.76. The number of nitrogens with one attached hydrogen (secondary N) is 1. The van der Waals surface area contributed by atoms with Crippen LogP contribution in [-0.4, -0.2) is 46.9 Å². The number of amides is 2. The van der Waals surface area contributed by atoms with Gasteiger partial charge in [-0.1, -0.05) is 18.2 Å². The third kappa shape index (κ3) is 10.7. The first-order valence-corrected chi connectivity index (χ1v) is 10.4. The Balaban J connectivity index is 1.82. The second-order valence-electron chi connectivity index (χ2n) is 8.34. The summed E-state index contributed by atoms with van der Waals surface area (Å²) in [4.78, 5) is 30.3. The van der Waals surface area contributed by atoms with E-state index in [0.29, 0.717) is 31.6 Å². The summed E-state index contributed by atoms with van der Waals surface area (Å²) < 4.78 is 45.9. The van der Waals surface area contributed by atoms with Crippen molar-refractivity contribution in [1.82, 2.24) is 15.2 Å². The van der Waals surface area contributed by atoms with Gasteiger partial charge in [0.25, 0.3) is 0 Å². The standard InChI is InChI=1S/C23H28F3N3O4/c1-22(2,3)33-21(31)29(16-18-6-4-11-27-15-18)13-5-12-28-20(30)14-17-7-9-19(10-8-17)32-23(24,25)26/h4,6-11,15H,5,12-14,16H2,1-3H3,(H,28,30). The van der Waals surface area contributed by atoms with Gasteiger partial charge in [0.1, 0.15) is 11.4 Å². The fourth-order valence-corrected chi connectivity index (χ4v) is 2.83. The van der Waals surface area contributed by atoms with E-state index in [1.165, 1.54) is 12.1 Å². The van der Waals surface area contributed by atoms with E-state index in [0.717, 1.165) is 17.7 Å². The van der Waals surface area contributed by atoms with Crippen molar-refractivity contribution in [3.63, 3.8) is 0 Å². The van der Waals surface area contributed by atoms with Gasteiger partial charge in [-0.2, -0.15) is 0 Å². The maximum absolute atomic E-state index is 12.6. The average molecular weight is 467 g/mol. The number of pyridine rings is 1. The summed E-state index contributed by atoms with van der Waals surface area (Å²) >= 11 is 0. The lowest BCUT2D eigenvalue weighted by atomic mass is 10.1. The van der Waals surface area contributed by atoms with Crippen LogP contribution in [0.4, 0.5) is 18.0 Å². The van der Waals surface area contributed by atoms with Gasteiger partial charge in [-0.3, -0.25) is 9.78 Å². The zero-order valence-electron chi connectivity index (χ0n) is 18.8. The maximum atomic E-state index is 12.6. The summed E-state index contributed by atoms with van der Waals surface area (Å²) in [7, 11) is 0. The van der Waals surface area contributed by atoms with E-state index in [1.54, 1.807) is 44.1 Å². The molecule has 0 spiro atoms. The maximum Gasteiger partial charge on any atom is 0.573 e. The molecule has 0 saturated heterocycles. The number of halogens is 3. The lowest BCUT2D eigenvalue weighted by Gasteiger charge is -2.27. The molecule has 180 valence electrons. The molecule has 2 aromatic rings. The van der Waals surface area contributed by atoms with Crippen LogP contribution >= 0.6 is 0 Å². The van der Waals surface area contributed by atoms with Gasteiger partial charge in [0.2, 0.25) is 5.91 Å². The van der Waals surface area contributed by atoms with E-state index in [1.807, 2.05) is 6.07 Å². The van der Waals surface area contributed by atoms with Gasteiger partial charge in [-0.25, -0.2) is 4.79 Å². The molecular weight excluding hydrogens is 439 g/mol. The molecule has 0 unspecified atom stereocenters. The van der Waals surface area contributed by atoms with Crippen molar-refractivity contribution in [3.05, 3.63) is 59.9 Å². The Labute approximate surface area is 190 Å². The molecule has 1 N–H and O–H groups in total. The number of carbonyl (C=O) groups is 2. The predicted octanol–water partition coefficient (Wildman–Crippen LogP) is 4.47. The summed E-state index contributed by atoms with van der Waals surface area (Å²) in [6.45, 7) is 6.36. The quantitative estimate of drug-likeness (QED) is 0.551. The summed E-state index contributed by atoms with van der Waals surface area (Å²) in [5, 5.41) is 2.75. The number of nitrogens with zero attached hydrogens (tertiary/aromatic N) is 2. The molecule has 1 heterocycles. The molecule has 33 heavy (non-hydrogen) atoms. The monoisotopic (exact) mass is 467 g/mol. The van der Waals surface area contributed by atoms with Crippen LogP contribution in [0.1, 0.15) is 38.3 Å². The smallest absolute Gasteiger partial charge is 0.444 e. The summed E-state index contributed by atoms with van der Waals surface area (Å²) in [6.07, 6.45) is -1.40. The molecule has 0 aliphatic carbocycles. The van der Waals surface area contributed by atoms with E-state index in [9.17, 15) is 22.8 Å². The van der Waals surface area contributed by atoms with Gasteiger partial charge in [-0.05, 0) is 56.5 Å². The Morgan fingerprint density at radius 3 is 2.33 bits per heavy atom. The lowest BCUT2D eigenvalue weighted by molar-refractivity contribution is -0.274. The van der Waals surface area contributed by atoms with E-state index >= 15 is 0 Å². The topological polar surface area (TPSA) is 80.8 Å². The highest BCUT2D eigenvalue weighted by molar-refractivity contribution is 5.78.